The first-order valence-electron chi connectivity index (χ1n) is 8.88. The Kier molecular flexibility index (Phi) is 3.86. The molecule has 0 unspecified atom stereocenters. The summed E-state index contributed by atoms with van der Waals surface area (Å²) in [7, 11) is 0. The van der Waals surface area contributed by atoms with Crippen LogP contribution in [0.25, 0.3) is 5.78 Å². The van der Waals surface area contributed by atoms with Gasteiger partial charge in [0, 0.05) is 38.2 Å². The number of hydrogen-bond acceptors (Lipinski definition) is 5. The molecule has 2 fully saturated rings. The van der Waals surface area contributed by atoms with E-state index in [9.17, 15) is 4.79 Å². The highest BCUT2D eigenvalue weighted by Gasteiger charge is 2.31. The van der Waals surface area contributed by atoms with Gasteiger partial charge < -0.3 is 9.80 Å². The van der Waals surface area contributed by atoms with Crippen molar-refractivity contribution in [3.63, 3.8) is 0 Å². The molecule has 0 N–H and O–H groups in total. The van der Waals surface area contributed by atoms with E-state index in [1.54, 1.807) is 6.33 Å². The maximum atomic E-state index is 12.0. The fourth-order valence-electron chi connectivity index (χ4n) is 3.80. The Morgan fingerprint density at radius 3 is 2.67 bits per heavy atom. The van der Waals surface area contributed by atoms with Crippen molar-refractivity contribution in [3.8, 4) is 0 Å². The van der Waals surface area contributed by atoms with Gasteiger partial charge in [-0.05, 0) is 25.2 Å². The summed E-state index contributed by atoms with van der Waals surface area (Å²) >= 11 is 0. The van der Waals surface area contributed by atoms with Gasteiger partial charge in [0.15, 0.2) is 0 Å². The van der Waals surface area contributed by atoms with Gasteiger partial charge in [-0.1, -0.05) is 13.8 Å². The topological polar surface area (TPSA) is 66.6 Å². The average Bonchev–Trinajstić information content (AvgIpc) is 3.22. The number of rotatable bonds is 3. The van der Waals surface area contributed by atoms with Crippen LogP contribution in [0.3, 0.4) is 0 Å². The van der Waals surface area contributed by atoms with Crippen molar-refractivity contribution in [1.29, 1.82) is 0 Å². The third-order valence-electron chi connectivity index (χ3n) is 5.18. The van der Waals surface area contributed by atoms with Crippen molar-refractivity contribution >= 4 is 17.5 Å². The van der Waals surface area contributed by atoms with Crippen LogP contribution in [0.1, 0.15) is 51.1 Å². The smallest absolute Gasteiger partial charge is 0.254 e. The fourth-order valence-corrected chi connectivity index (χ4v) is 3.80. The van der Waals surface area contributed by atoms with Crippen molar-refractivity contribution in [2.45, 2.75) is 51.5 Å². The Morgan fingerprint density at radius 1 is 1.21 bits per heavy atom. The highest BCUT2D eigenvalue weighted by molar-refractivity contribution is 5.78. The number of aromatic nitrogens is 4. The molecular weight excluding hydrogens is 304 g/mol. The Hall–Kier alpha value is -2.18. The number of nitrogens with zero attached hydrogens (tertiary/aromatic N) is 6. The molecule has 0 atom stereocenters. The SMILES string of the molecule is CC(C)c1cc(N2CCC(N3CCCC3=O)CC2)n2ncnc2n1. The van der Waals surface area contributed by atoms with Gasteiger partial charge in [0.1, 0.15) is 12.1 Å². The molecule has 2 aromatic rings. The molecule has 7 nitrogen and oxygen atoms in total. The lowest BCUT2D eigenvalue weighted by molar-refractivity contribution is -0.130. The van der Waals surface area contributed by atoms with Crippen LogP contribution in [0.5, 0.6) is 0 Å². The molecular formula is C17H24N6O. The van der Waals surface area contributed by atoms with E-state index in [1.165, 1.54) is 0 Å². The first kappa shape index (κ1) is 15.4. The molecule has 2 aliphatic rings. The van der Waals surface area contributed by atoms with Crippen LogP contribution in [0, 0.1) is 0 Å². The van der Waals surface area contributed by atoms with E-state index >= 15 is 0 Å². The Bertz CT molecular complexity index is 747. The number of likely N-dealkylation sites (tertiary alicyclic amines) is 1. The second-order valence-electron chi connectivity index (χ2n) is 7.07. The van der Waals surface area contributed by atoms with Crippen LogP contribution in [0.4, 0.5) is 5.82 Å². The van der Waals surface area contributed by atoms with Crippen LogP contribution in [-0.2, 0) is 4.79 Å². The van der Waals surface area contributed by atoms with E-state index in [2.05, 4.69) is 44.8 Å². The molecule has 2 saturated heterocycles. The number of fused-ring (bicyclic) bond motifs is 1. The largest absolute Gasteiger partial charge is 0.356 e. The van der Waals surface area contributed by atoms with E-state index in [0.717, 1.165) is 56.8 Å². The lowest BCUT2D eigenvalue weighted by Gasteiger charge is -2.37. The third kappa shape index (κ3) is 2.61. The molecule has 2 aromatic heterocycles. The van der Waals surface area contributed by atoms with Gasteiger partial charge in [-0.3, -0.25) is 4.79 Å². The molecule has 0 aromatic carbocycles. The molecule has 1 amide bonds. The van der Waals surface area contributed by atoms with Crippen LogP contribution < -0.4 is 4.90 Å². The van der Waals surface area contributed by atoms with Gasteiger partial charge in [0.2, 0.25) is 5.91 Å². The summed E-state index contributed by atoms with van der Waals surface area (Å²) in [5.41, 5.74) is 1.04. The maximum Gasteiger partial charge on any atom is 0.254 e. The van der Waals surface area contributed by atoms with Gasteiger partial charge in [-0.25, -0.2) is 4.98 Å². The second kappa shape index (κ2) is 6.03. The van der Waals surface area contributed by atoms with Crippen LogP contribution in [-0.4, -0.2) is 56.1 Å². The van der Waals surface area contributed by atoms with E-state index < -0.39 is 0 Å². The highest BCUT2D eigenvalue weighted by Crippen LogP contribution is 2.27. The summed E-state index contributed by atoms with van der Waals surface area (Å²) in [6, 6.07) is 2.53. The van der Waals surface area contributed by atoms with Crippen LogP contribution >= 0.6 is 0 Å². The van der Waals surface area contributed by atoms with Crippen molar-refractivity contribution in [3.05, 3.63) is 18.1 Å². The van der Waals surface area contributed by atoms with Gasteiger partial charge in [-0.15, -0.1) is 0 Å². The molecule has 4 heterocycles. The molecule has 0 bridgehead atoms. The zero-order valence-electron chi connectivity index (χ0n) is 14.4. The summed E-state index contributed by atoms with van der Waals surface area (Å²) in [4.78, 5) is 25.3. The lowest BCUT2D eigenvalue weighted by Crippen LogP contribution is -2.45. The summed E-state index contributed by atoms with van der Waals surface area (Å²) in [5, 5.41) is 4.34. The van der Waals surface area contributed by atoms with Crippen LogP contribution in [0.2, 0.25) is 0 Å². The standard InChI is InChI=1S/C17H24N6O/c1-12(2)14-10-15(23-17(20-14)18-11-19-23)21-8-5-13(6-9-21)22-7-3-4-16(22)24/h10-13H,3-9H2,1-2H3. The minimum absolute atomic E-state index is 0.332. The van der Waals surface area contributed by atoms with E-state index in [0.29, 0.717) is 23.6 Å². The predicted octanol–water partition coefficient (Wildman–Crippen LogP) is 1.84. The molecule has 0 spiro atoms. The normalized spacial score (nSPS) is 19.9. The minimum atomic E-state index is 0.332. The zero-order valence-corrected chi connectivity index (χ0v) is 14.4. The van der Waals surface area contributed by atoms with E-state index in [-0.39, 0.29) is 0 Å². The van der Waals surface area contributed by atoms with E-state index in [1.807, 2.05) is 4.52 Å². The molecule has 0 saturated carbocycles. The number of carbonyl (C=O) groups is 1. The average molecular weight is 328 g/mol. The second-order valence-corrected chi connectivity index (χ2v) is 7.07. The van der Waals surface area contributed by atoms with Crippen molar-refractivity contribution in [2.24, 2.45) is 0 Å². The minimum Gasteiger partial charge on any atom is -0.356 e. The monoisotopic (exact) mass is 328 g/mol. The Labute approximate surface area is 141 Å². The zero-order chi connectivity index (χ0) is 16.7. The van der Waals surface area contributed by atoms with Crippen molar-refractivity contribution < 1.29 is 4.79 Å². The van der Waals surface area contributed by atoms with Gasteiger partial charge in [-0.2, -0.15) is 14.6 Å². The Morgan fingerprint density at radius 2 is 2.00 bits per heavy atom. The number of amides is 1. The number of carbonyl (C=O) groups excluding carboxylic acids is 1. The number of piperidine rings is 1. The summed E-state index contributed by atoms with van der Waals surface area (Å²) in [5.74, 6) is 2.41. The van der Waals surface area contributed by atoms with E-state index in [4.69, 9.17) is 0 Å². The first-order valence-corrected chi connectivity index (χ1v) is 8.88. The molecule has 24 heavy (non-hydrogen) atoms. The fraction of sp³-hybridized carbons (Fsp3) is 0.647. The van der Waals surface area contributed by atoms with Crippen molar-refractivity contribution in [2.75, 3.05) is 24.5 Å². The first-order chi connectivity index (χ1) is 11.6. The predicted molar refractivity (Wildman–Crippen MR) is 91.1 cm³/mol. The molecule has 0 aliphatic carbocycles. The molecule has 0 radical (unpaired) electrons. The van der Waals surface area contributed by atoms with Gasteiger partial charge in [0.05, 0.1) is 5.69 Å². The maximum absolute atomic E-state index is 12.0. The molecule has 4 rings (SSSR count). The number of anilines is 1. The van der Waals surface area contributed by atoms with Crippen molar-refractivity contribution in [1.82, 2.24) is 24.5 Å². The van der Waals surface area contributed by atoms with Crippen LogP contribution in [0.15, 0.2) is 12.4 Å². The summed E-state index contributed by atoms with van der Waals surface area (Å²) < 4.78 is 1.83. The quantitative estimate of drug-likeness (QED) is 0.860. The lowest BCUT2D eigenvalue weighted by atomic mass is 10.0. The third-order valence-corrected chi connectivity index (χ3v) is 5.18. The highest BCUT2D eigenvalue weighted by atomic mass is 16.2. The number of hydrogen-bond donors (Lipinski definition) is 0. The summed E-state index contributed by atoms with van der Waals surface area (Å²) in [6.45, 7) is 7.09. The molecule has 2 aliphatic heterocycles. The Balaban J connectivity index is 1.56. The summed E-state index contributed by atoms with van der Waals surface area (Å²) in [6.07, 6.45) is 5.33. The van der Waals surface area contributed by atoms with Gasteiger partial charge >= 0.3 is 0 Å². The van der Waals surface area contributed by atoms with Gasteiger partial charge in [0.25, 0.3) is 5.78 Å². The molecule has 128 valence electrons. The molecule has 7 heteroatoms.